The van der Waals surface area contributed by atoms with Crippen LogP contribution in [-0.4, -0.2) is 9.97 Å². The number of nitrogens with zero attached hydrogens (tertiary/aromatic N) is 2. The first-order valence-electron chi connectivity index (χ1n) is 4.68. The Labute approximate surface area is 122 Å². The van der Waals surface area contributed by atoms with Gasteiger partial charge in [0.15, 0.2) is 0 Å². The van der Waals surface area contributed by atoms with E-state index in [1.165, 1.54) is 0 Å². The molecule has 0 fully saturated rings. The van der Waals surface area contributed by atoms with Gasteiger partial charge in [-0.15, -0.1) is 0 Å². The Hall–Kier alpha value is -0.350. The Balaban J connectivity index is 2.31. The monoisotopic (exact) mass is 350 g/mol. The molecule has 0 aliphatic carbocycles. The maximum Gasteiger partial charge on any atom is 0.148 e. The van der Waals surface area contributed by atoms with Crippen LogP contribution in [-0.2, 0) is 6.42 Å². The van der Waals surface area contributed by atoms with Crippen molar-refractivity contribution < 1.29 is 0 Å². The van der Waals surface area contributed by atoms with Crippen molar-refractivity contribution in [2.75, 3.05) is 0 Å². The van der Waals surface area contributed by atoms with Crippen molar-refractivity contribution >= 4 is 50.7 Å². The van der Waals surface area contributed by atoms with Gasteiger partial charge >= 0.3 is 0 Å². The molecule has 0 radical (unpaired) electrons. The molecule has 0 bridgehead atoms. The molecule has 0 saturated carbocycles. The fourth-order valence-corrected chi connectivity index (χ4v) is 2.16. The van der Waals surface area contributed by atoms with E-state index >= 15 is 0 Å². The second kappa shape index (κ2) is 5.53. The van der Waals surface area contributed by atoms with Crippen LogP contribution in [0.3, 0.4) is 0 Å². The molecule has 1 aromatic carbocycles. The first-order chi connectivity index (χ1) is 8.06. The van der Waals surface area contributed by atoms with Crippen LogP contribution in [0.25, 0.3) is 0 Å². The van der Waals surface area contributed by atoms with Gasteiger partial charge in [-0.1, -0.05) is 46.9 Å². The Kier molecular flexibility index (Phi) is 4.26. The summed E-state index contributed by atoms with van der Waals surface area (Å²) in [7, 11) is 0. The summed E-state index contributed by atoms with van der Waals surface area (Å²) in [6.07, 6.45) is 0.535. The molecule has 17 heavy (non-hydrogen) atoms. The number of hydrogen-bond acceptors (Lipinski definition) is 2. The minimum Gasteiger partial charge on any atom is -0.220 e. The Morgan fingerprint density at radius 3 is 2.29 bits per heavy atom. The molecule has 6 heteroatoms. The zero-order chi connectivity index (χ0) is 12.4. The van der Waals surface area contributed by atoms with Crippen molar-refractivity contribution in [3.63, 3.8) is 0 Å². The quantitative estimate of drug-likeness (QED) is 0.726. The molecule has 2 aromatic rings. The van der Waals surface area contributed by atoms with Crippen LogP contribution in [0.15, 0.2) is 28.7 Å². The SMILES string of the molecule is Clc1cccc(Cc2nc(Cl)c(Br)c(Cl)n2)c1. The van der Waals surface area contributed by atoms with E-state index in [1.807, 2.05) is 24.3 Å². The highest BCUT2D eigenvalue weighted by Gasteiger charge is 2.09. The number of hydrogen-bond donors (Lipinski definition) is 0. The third-order valence-electron chi connectivity index (χ3n) is 2.07. The summed E-state index contributed by atoms with van der Waals surface area (Å²) in [4.78, 5) is 8.28. The van der Waals surface area contributed by atoms with Gasteiger partial charge in [0.05, 0.1) is 4.47 Å². The number of benzene rings is 1. The molecule has 1 aromatic heterocycles. The van der Waals surface area contributed by atoms with Gasteiger partial charge in [0.25, 0.3) is 0 Å². The summed E-state index contributed by atoms with van der Waals surface area (Å²) >= 11 is 20.9. The standard InChI is InChI=1S/C11H6BrCl3N2/c12-9-10(14)16-8(17-11(9)15)5-6-2-1-3-7(13)4-6/h1-4H,5H2. The molecule has 2 rings (SSSR count). The average Bonchev–Trinajstić information content (AvgIpc) is 2.26. The summed E-state index contributed by atoms with van der Waals surface area (Å²) in [5.41, 5.74) is 1.01. The molecule has 0 atom stereocenters. The molecule has 0 unspecified atom stereocenters. The van der Waals surface area contributed by atoms with Gasteiger partial charge < -0.3 is 0 Å². The predicted octanol–water partition coefficient (Wildman–Crippen LogP) is 4.79. The number of halogens is 4. The maximum absolute atomic E-state index is 5.91. The van der Waals surface area contributed by atoms with E-state index in [9.17, 15) is 0 Å². The smallest absolute Gasteiger partial charge is 0.148 e. The highest BCUT2D eigenvalue weighted by atomic mass is 79.9. The van der Waals surface area contributed by atoms with E-state index in [0.717, 1.165) is 5.56 Å². The Morgan fingerprint density at radius 1 is 1.06 bits per heavy atom. The van der Waals surface area contributed by atoms with Gasteiger partial charge in [-0.2, -0.15) is 0 Å². The summed E-state index contributed by atoms with van der Waals surface area (Å²) in [5, 5.41) is 1.29. The van der Waals surface area contributed by atoms with Crippen molar-refractivity contribution in [2.45, 2.75) is 6.42 Å². The zero-order valence-electron chi connectivity index (χ0n) is 8.42. The van der Waals surface area contributed by atoms with Gasteiger partial charge in [-0.05, 0) is 33.6 Å². The second-order valence-electron chi connectivity index (χ2n) is 3.34. The van der Waals surface area contributed by atoms with E-state index < -0.39 is 0 Å². The third kappa shape index (κ3) is 3.32. The van der Waals surface area contributed by atoms with E-state index in [-0.39, 0.29) is 0 Å². The predicted molar refractivity (Wildman–Crippen MR) is 74.0 cm³/mol. The fourth-order valence-electron chi connectivity index (χ4n) is 1.34. The van der Waals surface area contributed by atoms with Crippen LogP contribution < -0.4 is 0 Å². The van der Waals surface area contributed by atoms with E-state index in [0.29, 0.717) is 32.0 Å². The topological polar surface area (TPSA) is 25.8 Å². The van der Waals surface area contributed by atoms with Crippen molar-refractivity contribution in [1.29, 1.82) is 0 Å². The molecular weight excluding hydrogens is 346 g/mol. The molecule has 1 heterocycles. The summed E-state index contributed by atoms with van der Waals surface area (Å²) in [5.74, 6) is 0.561. The molecule has 0 amide bonds. The fraction of sp³-hybridized carbons (Fsp3) is 0.0909. The molecular formula is C11H6BrCl3N2. The van der Waals surface area contributed by atoms with Gasteiger partial charge in [0.2, 0.25) is 0 Å². The normalized spacial score (nSPS) is 10.6. The molecule has 0 spiro atoms. The number of aromatic nitrogens is 2. The van der Waals surface area contributed by atoms with E-state index in [1.54, 1.807) is 0 Å². The van der Waals surface area contributed by atoms with Gasteiger partial charge in [0, 0.05) is 11.4 Å². The zero-order valence-corrected chi connectivity index (χ0v) is 12.3. The van der Waals surface area contributed by atoms with Crippen LogP contribution in [0.4, 0.5) is 0 Å². The molecule has 88 valence electrons. The van der Waals surface area contributed by atoms with Crippen molar-refractivity contribution in [1.82, 2.24) is 9.97 Å². The lowest BCUT2D eigenvalue weighted by molar-refractivity contribution is 0.962. The molecule has 0 N–H and O–H groups in total. The third-order valence-corrected chi connectivity index (χ3v) is 4.06. The largest absolute Gasteiger partial charge is 0.220 e. The lowest BCUT2D eigenvalue weighted by atomic mass is 10.1. The van der Waals surface area contributed by atoms with Crippen molar-refractivity contribution in [3.8, 4) is 0 Å². The maximum atomic E-state index is 5.91. The van der Waals surface area contributed by atoms with E-state index in [2.05, 4.69) is 25.9 Å². The minimum absolute atomic E-state index is 0.307. The van der Waals surface area contributed by atoms with Crippen LogP contribution in [0.1, 0.15) is 11.4 Å². The lowest BCUT2D eigenvalue weighted by Gasteiger charge is -2.04. The van der Waals surface area contributed by atoms with Crippen LogP contribution in [0.5, 0.6) is 0 Å². The van der Waals surface area contributed by atoms with Crippen molar-refractivity contribution in [3.05, 3.63) is 55.5 Å². The highest BCUT2D eigenvalue weighted by Crippen LogP contribution is 2.27. The van der Waals surface area contributed by atoms with Crippen LogP contribution in [0.2, 0.25) is 15.3 Å². The Morgan fingerprint density at radius 2 is 1.71 bits per heavy atom. The second-order valence-corrected chi connectivity index (χ2v) is 5.29. The van der Waals surface area contributed by atoms with Gasteiger partial charge in [-0.3, -0.25) is 0 Å². The summed E-state index contributed by atoms with van der Waals surface area (Å²) in [6, 6.07) is 7.49. The van der Waals surface area contributed by atoms with E-state index in [4.69, 9.17) is 34.8 Å². The summed E-state index contributed by atoms with van der Waals surface area (Å²) < 4.78 is 0.510. The number of rotatable bonds is 2. The van der Waals surface area contributed by atoms with Crippen molar-refractivity contribution in [2.24, 2.45) is 0 Å². The highest BCUT2D eigenvalue weighted by molar-refractivity contribution is 9.10. The summed E-state index contributed by atoms with van der Waals surface area (Å²) in [6.45, 7) is 0. The molecule has 0 saturated heterocycles. The molecule has 0 aliphatic heterocycles. The van der Waals surface area contributed by atoms with Crippen LogP contribution >= 0.6 is 50.7 Å². The first kappa shape index (κ1) is 13.1. The minimum atomic E-state index is 0.307. The first-order valence-corrected chi connectivity index (χ1v) is 6.61. The van der Waals surface area contributed by atoms with Crippen LogP contribution in [0, 0.1) is 0 Å². The molecule has 2 nitrogen and oxygen atoms in total. The van der Waals surface area contributed by atoms with Gasteiger partial charge in [-0.25, -0.2) is 9.97 Å². The lowest BCUT2D eigenvalue weighted by Crippen LogP contribution is -1.98. The van der Waals surface area contributed by atoms with Gasteiger partial charge in [0.1, 0.15) is 16.1 Å². The average molecular weight is 352 g/mol. The Bertz CT molecular complexity index is 537. The molecule has 0 aliphatic rings.